The van der Waals surface area contributed by atoms with Crippen LogP contribution in [0.15, 0.2) is 17.8 Å². The van der Waals surface area contributed by atoms with Gasteiger partial charge in [-0.3, -0.25) is 9.20 Å². The van der Waals surface area contributed by atoms with Crippen LogP contribution < -0.4 is 5.32 Å². The standard InChI is InChI=1S/C12H17N3O2S2/c1-8(10(7-16)18-2)13-11(17)5-9-6-15-3-4-19-12(15)14-9/h3-4,6,8,10,16H,5,7H2,1-2H3,(H,13,17). The third-order valence-corrected chi connectivity index (χ3v) is 4.85. The van der Waals surface area contributed by atoms with Gasteiger partial charge in [0.1, 0.15) is 0 Å². The highest BCUT2D eigenvalue weighted by Crippen LogP contribution is 2.13. The number of hydrogen-bond donors (Lipinski definition) is 2. The van der Waals surface area contributed by atoms with E-state index in [0.717, 1.165) is 10.7 Å². The monoisotopic (exact) mass is 299 g/mol. The maximum Gasteiger partial charge on any atom is 0.226 e. The third kappa shape index (κ3) is 3.49. The first kappa shape index (κ1) is 14.4. The molecule has 0 saturated carbocycles. The van der Waals surface area contributed by atoms with Gasteiger partial charge in [0.05, 0.1) is 18.7 Å². The molecule has 0 radical (unpaired) electrons. The number of aromatic nitrogens is 2. The lowest BCUT2D eigenvalue weighted by Gasteiger charge is -2.21. The molecule has 2 atom stereocenters. The normalized spacial score (nSPS) is 14.5. The topological polar surface area (TPSA) is 66.6 Å². The molecule has 0 fully saturated rings. The van der Waals surface area contributed by atoms with Crippen molar-refractivity contribution in [1.29, 1.82) is 0 Å². The number of carbonyl (C=O) groups is 1. The first-order valence-corrected chi connectivity index (χ1v) is 8.15. The second kappa shape index (κ2) is 6.40. The Hall–Kier alpha value is -1.05. The summed E-state index contributed by atoms with van der Waals surface area (Å²) in [4.78, 5) is 17.2. The molecule has 0 aliphatic carbocycles. The van der Waals surface area contributed by atoms with E-state index in [1.54, 1.807) is 23.1 Å². The van der Waals surface area contributed by atoms with Gasteiger partial charge < -0.3 is 10.4 Å². The summed E-state index contributed by atoms with van der Waals surface area (Å²) in [6, 6.07) is -0.0590. The van der Waals surface area contributed by atoms with Crippen LogP contribution >= 0.6 is 23.1 Å². The number of thioether (sulfide) groups is 1. The molecule has 19 heavy (non-hydrogen) atoms. The summed E-state index contributed by atoms with van der Waals surface area (Å²) in [5.74, 6) is -0.0641. The Kier molecular flexibility index (Phi) is 4.84. The number of nitrogens with one attached hydrogen (secondary N) is 1. The van der Waals surface area contributed by atoms with E-state index in [4.69, 9.17) is 0 Å². The largest absolute Gasteiger partial charge is 0.395 e. The van der Waals surface area contributed by atoms with Gasteiger partial charge in [0, 0.05) is 29.1 Å². The van der Waals surface area contributed by atoms with Gasteiger partial charge in [0.25, 0.3) is 0 Å². The molecular formula is C12H17N3O2S2. The van der Waals surface area contributed by atoms with Gasteiger partial charge in [0.2, 0.25) is 5.91 Å². The van der Waals surface area contributed by atoms with Gasteiger partial charge in [-0.2, -0.15) is 11.8 Å². The van der Waals surface area contributed by atoms with Gasteiger partial charge in [0.15, 0.2) is 4.96 Å². The highest BCUT2D eigenvalue weighted by molar-refractivity contribution is 7.99. The molecule has 104 valence electrons. The first-order valence-electron chi connectivity index (χ1n) is 5.98. The Morgan fingerprint density at radius 3 is 3.11 bits per heavy atom. The van der Waals surface area contributed by atoms with Crippen molar-refractivity contribution < 1.29 is 9.90 Å². The fourth-order valence-corrected chi connectivity index (χ4v) is 3.20. The lowest BCUT2D eigenvalue weighted by Crippen LogP contribution is -2.41. The Morgan fingerprint density at radius 1 is 1.68 bits per heavy atom. The molecule has 2 rings (SSSR count). The van der Waals surface area contributed by atoms with Crippen molar-refractivity contribution in [3.8, 4) is 0 Å². The fraction of sp³-hybridized carbons (Fsp3) is 0.500. The number of amides is 1. The van der Waals surface area contributed by atoms with E-state index in [1.165, 1.54) is 0 Å². The van der Waals surface area contributed by atoms with Crippen molar-refractivity contribution in [2.75, 3.05) is 12.9 Å². The highest BCUT2D eigenvalue weighted by atomic mass is 32.2. The summed E-state index contributed by atoms with van der Waals surface area (Å²) < 4.78 is 1.91. The predicted molar refractivity (Wildman–Crippen MR) is 78.8 cm³/mol. The Labute approximate surface area is 120 Å². The van der Waals surface area contributed by atoms with Crippen LogP contribution in [0.3, 0.4) is 0 Å². The van der Waals surface area contributed by atoms with Gasteiger partial charge >= 0.3 is 0 Å². The lowest BCUT2D eigenvalue weighted by molar-refractivity contribution is -0.121. The van der Waals surface area contributed by atoms with E-state index < -0.39 is 0 Å². The second-order valence-corrected chi connectivity index (χ2v) is 6.26. The number of aliphatic hydroxyl groups excluding tert-OH is 1. The molecule has 0 spiro atoms. The first-order chi connectivity index (χ1) is 9.13. The van der Waals surface area contributed by atoms with Crippen LogP contribution in [-0.2, 0) is 11.2 Å². The molecule has 2 heterocycles. The Balaban J connectivity index is 1.92. The van der Waals surface area contributed by atoms with Crippen molar-refractivity contribution in [3.63, 3.8) is 0 Å². The third-order valence-electron chi connectivity index (χ3n) is 2.91. The minimum absolute atomic E-state index is 0.0226. The number of nitrogens with zero attached hydrogens (tertiary/aromatic N) is 2. The molecule has 2 N–H and O–H groups in total. The number of aliphatic hydroxyl groups is 1. The summed E-state index contributed by atoms with van der Waals surface area (Å²) in [7, 11) is 0. The van der Waals surface area contributed by atoms with Crippen molar-refractivity contribution >= 4 is 34.0 Å². The van der Waals surface area contributed by atoms with Gasteiger partial charge in [-0.05, 0) is 13.2 Å². The van der Waals surface area contributed by atoms with Crippen LogP contribution in [0.5, 0.6) is 0 Å². The zero-order chi connectivity index (χ0) is 13.8. The average Bonchev–Trinajstić information content (AvgIpc) is 2.90. The van der Waals surface area contributed by atoms with E-state index in [9.17, 15) is 9.90 Å². The summed E-state index contributed by atoms with van der Waals surface area (Å²) in [5.41, 5.74) is 0.765. The molecule has 2 aromatic heterocycles. The predicted octanol–water partition coefficient (Wildman–Crippen LogP) is 1.17. The van der Waals surface area contributed by atoms with Crippen LogP contribution in [0.2, 0.25) is 0 Å². The molecule has 0 aliphatic heterocycles. The number of fused-ring (bicyclic) bond motifs is 1. The summed E-state index contributed by atoms with van der Waals surface area (Å²) in [6.45, 7) is 1.96. The molecule has 0 saturated heterocycles. The van der Waals surface area contributed by atoms with E-state index in [0.29, 0.717) is 0 Å². The molecule has 5 nitrogen and oxygen atoms in total. The van der Waals surface area contributed by atoms with Gasteiger partial charge in [-0.1, -0.05) is 0 Å². The highest BCUT2D eigenvalue weighted by Gasteiger charge is 2.18. The van der Waals surface area contributed by atoms with Crippen LogP contribution in [0.25, 0.3) is 4.96 Å². The number of hydrogen-bond acceptors (Lipinski definition) is 5. The average molecular weight is 299 g/mol. The minimum Gasteiger partial charge on any atom is -0.395 e. The quantitative estimate of drug-likeness (QED) is 0.840. The van der Waals surface area contributed by atoms with Crippen molar-refractivity contribution in [2.24, 2.45) is 0 Å². The van der Waals surface area contributed by atoms with Gasteiger partial charge in [-0.15, -0.1) is 11.3 Å². The second-order valence-electron chi connectivity index (χ2n) is 4.31. The molecule has 0 aromatic carbocycles. The van der Waals surface area contributed by atoms with E-state index >= 15 is 0 Å². The SMILES string of the molecule is CSC(CO)C(C)NC(=O)Cc1cn2ccsc2n1. The summed E-state index contributed by atoms with van der Waals surface area (Å²) in [6.07, 6.45) is 5.99. The zero-order valence-electron chi connectivity index (χ0n) is 10.9. The Bertz CT molecular complexity index is 519. The number of rotatable bonds is 6. The molecule has 2 unspecified atom stereocenters. The molecule has 0 bridgehead atoms. The van der Waals surface area contributed by atoms with E-state index in [1.807, 2.05) is 35.4 Å². The molecule has 0 aliphatic rings. The summed E-state index contributed by atoms with van der Waals surface area (Å²) >= 11 is 3.09. The lowest BCUT2D eigenvalue weighted by atomic mass is 10.2. The smallest absolute Gasteiger partial charge is 0.226 e. The fourth-order valence-electron chi connectivity index (χ4n) is 1.86. The van der Waals surface area contributed by atoms with Crippen LogP contribution in [0, 0.1) is 0 Å². The summed E-state index contributed by atoms with van der Waals surface area (Å²) in [5, 5.41) is 14.1. The number of thiazole rings is 1. The maximum absolute atomic E-state index is 11.9. The molecule has 2 aromatic rings. The van der Waals surface area contributed by atoms with Gasteiger partial charge in [-0.25, -0.2) is 4.98 Å². The van der Waals surface area contributed by atoms with Crippen LogP contribution in [-0.4, -0.2) is 44.6 Å². The van der Waals surface area contributed by atoms with Crippen molar-refractivity contribution in [2.45, 2.75) is 24.6 Å². The number of carbonyl (C=O) groups excluding carboxylic acids is 1. The maximum atomic E-state index is 11.9. The van der Waals surface area contributed by atoms with E-state index in [2.05, 4.69) is 10.3 Å². The van der Waals surface area contributed by atoms with Crippen molar-refractivity contribution in [1.82, 2.24) is 14.7 Å². The van der Waals surface area contributed by atoms with E-state index in [-0.39, 0.29) is 30.2 Å². The molecular weight excluding hydrogens is 282 g/mol. The molecule has 1 amide bonds. The van der Waals surface area contributed by atoms with Crippen LogP contribution in [0.4, 0.5) is 0 Å². The Morgan fingerprint density at radius 2 is 2.47 bits per heavy atom. The van der Waals surface area contributed by atoms with Crippen molar-refractivity contribution in [3.05, 3.63) is 23.5 Å². The molecule has 7 heteroatoms. The zero-order valence-corrected chi connectivity index (χ0v) is 12.5. The number of imidazole rings is 1. The minimum atomic E-state index is -0.0641. The van der Waals surface area contributed by atoms with Crippen LogP contribution in [0.1, 0.15) is 12.6 Å².